The molecule has 3 aliphatic rings. The van der Waals surface area contributed by atoms with Crippen LogP contribution in [0.1, 0.15) is 23.3 Å². The van der Waals surface area contributed by atoms with Crippen molar-refractivity contribution < 1.29 is 9.18 Å². The van der Waals surface area contributed by atoms with Gasteiger partial charge in [0, 0.05) is 7.05 Å². The van der Waals surface area contributed by atoms with Gasteiger partial charge in [0.1, 0.15) is 12.0 Å². The van der Waals surface area contributed by atoms with E-state index in [1.54, 1.807) is 0 Å². The van der Waals surface area contributed by atoms with Crippen LogP contribution < -0.4 is 11.0 Å². The van der Waals surface area contributed by atoms with Crippen LogP contribution in [-0.2, 0) is 7.05 Å². The van der Waals surface area contributed by atoms with Crippen molar-refractivity contribution in [1.29, 1.82) is 0 Å². The van der Waals surface area contributed by atoms with E-state index >= 15 is 0 Å². The molecule has 5 rings (SSSR count). The zero-order chi connectivity index (χ0) is 14.1. The largest absolute Gasteiger partial charge is 0.352 e. The number of aryl methyl sites for hydroxylation is 1. The monoisotopic (exact) mass is 278 g/mol. The lowest BCUT2D eigenvalue weighted by Crippen LogP contribution is -2.74. The molecule has 0 aliphatic heterocycles. The number of alkyl halides is 1. The number of aromatic nitrogens is 5. The Morgan fingerprint density at radius 3 is 2.90 bits per heavy atom. The van der Waals surface area contributed by atoms with Crippen LogP contribution in [0.3, 0.4) is 0 Å². The Morgan fingerprint density at radius 1 is 1.55 bits per heavy atom. The quantitative estimate of drug-likeness (QED) is 0.764. The number of hydrogen-bond donors (Lipinski definition) is 1. The third kappa shape index (κ3) is 1.27. The molecule has 0 aromatic carbocycles. The Labute approximate surface area is 111 Å². The number of amides is 1. The van der Waals surface area contributed by atoms with Gasteiger partial charge in [0.25, 0.3) is 5.91 Å². The molecule has 8 nitrogen and oxygen atoms in total. The first-order valence-corrected chi connectivity index (χ1v) is 6.26. The van der Waals surface area contributed by atoms with Gasteiger partial charge in [-0.2, -0.15) is 4.68 Å². The van der Waals surface area contributed by atoms with Crippen LogP contribution in [0.5, 0.6) is 0 Å². The molecule has 2 aromatic heterocycles. The lowest BCUT2D eigenvalue weighted by atomic mass is 9.49. The lowest BCUT2D eigenvalue weighted by molar-refractivity contribution is -0.163. The Balaban J connectivity index is 1.67. The molecule has 3 aliphatic carbocycles. The van der Waals surface area contributed by atoms with Gasteiger partial charge in [0.05, 0.1) is 6.04 Å². The molecule has 0 radical (unpaired) electrons. The Morgan fingerprint density at radius 2 is 2.30 bits per heavy atom. The van der Waals surface area contributed by atoms with E-state index in [-0.39, 0.29) is 17.3 Å². The molecular formula is C11H11FN6O2. The van der Waals surface area contributed by atoms with E-state index in [4.69, 9.17) is 0 Å². The maximum absolute atomic E-state index is 13.8. The van der Waals surface area contributed by atoms with Gasteiger partial charge in [0.2, 0.25) is 0 Å². The van der Waals surface area contributed by atoms with E-state index in [1.165, 1.54) is 13.4 Å². The summed E-state index contributed by atoms with van der Waals surface area (Å²) in [5.74, 6) is -0.303. The van der Waals surface area contributed by atoms with Gasteiger partial charge < -0.3 is 5.32 Å². The van der Waals surface area contributed by atoms with Crippen molar-refractivity contribution in [2.24, 2.45) is 13.0 Å². The molecule has 1 atom stereocenters. The molecular weight excluding hydrogens is 267 g/mol. The van der Waals surface area contributed by atoms with Gasteiger partial charge in [-0.05, 0) is 18.8 Å². The molecule has 104 valence electrons. The van der Waals surface area contributed by atoms with Crippen molar-refractivity contribution in [3.05, 3.63) is 22.5 Å². The molecule has 0 saturated heterocycles. The van der Waals surface area contributed by atoms with E-state index in [2.05, 4.69) is 20.6 Å². The Kier molecular flexibility index (Phi) is 1.96. The van der Waals surface area contributed by atoms with E-state index in [0.29, 0.717) is 12.8 Å². The zero-order valence-electron chi connectivity index (χ0n) is 10.6. The summed E-state index contributed by atoms with van der Waals surface area (Å²) in [6.45, 7) is 0. The summed E-state index contributed by atoms with van der Waals surface area (Å²) in [5.41, 5.74) is -1.64. The second kappa shape index (κ2) is 3.41. The molecule has 1 unspecified atom stereocenters. The molecule has 3 fully saturated rings. The Hall–Kier alpha value is -2.32. The maximum Gasteiger partial charge on any atom is 0.352 e. The fourth-order valence-electron chi connectivity index (χ4n) is 2.90. The zero-order valence-corrected chi connectivity index (χ0v) is 10.6. The highest BCUT2D eigenvalue weighted by Gasteiger charge is 2.67. The number of rotatable bonds is 2. The second-order valence-corrected chi connectivity index (χ2v) is 5.44. The third-order valence-corrected chi connectivity index (χ3v) is 4.23. The highest BCUT2D eigenvalue weighted by molar-refractivity contribution is 5.98. The SMILES string of the molecule is Cn1nnc2c(C(=O)NC3C4CC3(F)C4)ncn2c1=O. The van der Waals surface area contributed by atoms with E-state index in [9.17, 15) is 14.0 Å². The van der Waals surface area contributed by atoms with Crippen molar-refractivity contribution >= 4 is 11.6 Å². The summed E-state index contributed by atoms with van der Waals surface area (Å²) < 4.78 is 16.0. The lowest BCUT2D eigenvalue weighted by Gasteiger charge is -2.62. The molecule has 1 amide bonds. The molecule has 2 aromatic rings. The van der Waals surface area contributed by atoms with Gasteiger partial charge >= 0.3 is 5.69 Å². The number of imidazole rings is 1. The first kappa shape index (κ1) is 11.5. The number of halogens is 1. The third-order valence-electron chi connectivity index (χ3n) is 4.23. The van der Waals surface area contributed by atoms with Gasteiger partial charge in [-0.3, -0.25) is 4.79 Å². The number of carbonyl (C=O) groups is 1. The minimum absolute atomic E-state index is 0.00917. The van der Waals surface area contributed by atoms with Crippen LogP contribution in [0.15, 0.2) is 11.1 Å². The van der Waals surface area contributed by atoms with Crippen molar-refractivity contribution in [3.63, 3.8) is 0 Å². The summed E-state index contributed by atoms with van der Waals surface area (Å²) in [4.78, 5) is 27.7. The minimum atomic E-state index is -1.25. The molecule has 2 bridgehead atoms. The van der Waals surface area contributed by atoms with Crippen LogP contribution >= 0.6 is 0 Å². The fourth-order valence-corrected chi connectivity index (χ4v) is 2.90. The number of fused-ring (bicyclic) bond motifs is 1. The number of carbonyl (C=O) groups excluding carboxylic acids is 1. The highest BCUT2D eigenvalue weighted by Crippen LogP contribution is 2.59. The fraction of sp³-hybridized carbons (Fsp3) is 0.545. The smallest absolute Gasteiger partial charge is 0.344 e. The summed E-state index contributed by atoms with van der Waals surface area (Å²) in [5, 5.41) is 10.0. The molecule has 9 heteroatoms. The molecule has 2 heterocycles. The summed E-state index contributed by atoms with van der Waals surface area (Å²) >= 11 is 0. The van der Waals surface area contributed by atoms with Gasteiger partial charge in [-0.15, -0.1) is 5.10 Å². The van der Waals surface area contributed by atoms with E-state index < -0.39 is 23.3 Å². The average Bonchev–Trinajstić information content (AvgIpc) is 2.82. The Bertz CT molecular complexity index is 790. The minimum Gasteiger partial charge on any atom is -0.344 e. The normalized spacial score (nSPS) is 30.7. The van der Waals surface area contributed by atoms with Crippen LogP contribution in [0.25, 0.3) is 5.65 Å². The molecule has 1 N–H and O–H groups in total. The van der Waals surface area contributed by atoms with Crippen LogP contribution in [0.4, 0.5) is 4.39 Å². The molecule has 3 saturated carbocycles. The average molecular weight is 278 g/mol. The van der Waals surface area contributed by atoms with Crippen molar-refractivity contribution in [1.82, 2.24) is 29.7 Å². The topological polar surface area (TPSA) is 94.2 Å². The highest BCUT2D eigenvalue weighted by atomic mass is 19.1. The number of nitrogens with one attached hydrogen (secondary N) is 1. The summed E-state index contributed by atoms with van der Waals surface area (Å²) in [7, 11) is 1.45. The number of hydrogen-bond acceptors (Lipinski definition) is 5. The van der Waals surface area contributed by atoms with Gasteiger partial charge in [-0.1, -0.05) is 5.21 Å². The molecule has 20 heavy (non-hydrogen) atoms. The summed E-state index contributed by atoms with van der Waals surface area (Å²) in [6.07, 6.45) is 2.25. The van der Waals surface area contributed by atoms with Crippen LogP contribution in [0, 0.1) is 5.92 Å². The van der Waals surface area contributed by atoms with E-state index in [1.807, 2.05) is 0 Å². The predicted molar refractivity (Wildman–Crippen MR) is 63.8 cm³/mol. The first-order chi connectivity index (χ1) is 9.49. The van der Waals surface area contributed by atoms with E-state index in [0.717, 1.165) is 9.08 Å². The first-order valence-electron chi connectivity index (χ1n) is 6.26. The predicted octanol–water partition coefficient (Wildman–Crippen LogP) is -0.947. The standard InChI is InChI=1S/C11H11FN6O2/c1-17-10(20)18-4-13-6(8(18)15-16-17)9(19)14-7-5-2-11(7,12)3-5/h4-5,7H,2-3H2,1H3,(H,14,19). The number of nitrogens with zero attached hydrogens (tertiary/aromatic N) is 5. The van der Waals surface area contributed by atoms with Crippen LogP contribution in [0.2, 0.25) is 0 Å². The van der Waals surface area contributed by atoms with Crippen molar-refractivity contribution in [2.45, 2.75) is 24.6 Å². The molecule has 0 spiro atoms. The van der Waals surface area contributed by atoms with Gasteiger partial charge in [-0.25, -0.2) is 18.6 Å². The van der Waals surface area contributed by atoms with Crippen LogP contribution in [-0.4, -0.2) is 42.0 Å². The van der Waals surface area contributed by atoms with Crippen molar-refractivity contribution in [3.8, 4) is 0 Å². The van der Waals surface area contributed by atoms with Crippen molar-refractivity contribution in [2.75, 3.05) is 0 Å². The summed E-state index contributed by atoms with van der Waals surface area (Å²) in [6, 6.07) is -0.439. The second-order valence-electron chi connectivity index (χ2n) is 5.44. The maximum atomic E-state index is 13.8. The van der Waals surface area contributed by atoms with Gasteiger partial charge in [0.15, 0.2) is 11.3 Å².